The van der Waals surface area contributed by atoms with Crippen molar-refractivity contribution < 1.29 is 32.0 Å². The zero-order chi connectivity index (χ0) is 36.7. The Morgan fingerprint density at radius 1 is 1.10 bits per heavy atom. The highest BCUT2D eigenvalue weighted by Gasteiger charge is 2.43. The lowest BCUT2D eigenvalue weighted by molar-refractivity contribution is -0.0508. The zero-order valence-electron chi connectivity index (χ0n) is 30.2. The normalized spacial score (nSPS) is 14.6. The molecule has 14 heteroatoms. The highest BCUT2D eigenvalue weighted by Crippen LogP contribution is 2.44. The molecule has 0 spiro atoms. The molecule has 2 heterocycles. The standard InChI is InChI=1S/C35H47F2N5O5SSi/c1-22-18-27(46-31(36)37)28(24-14-15-41(29(22)24)32(43)47-33(2,3)4)35(8,40-48(44)34(5,6)7)30-39-25-19-23(20-38)12-13-26(25)42(30)21-45-16-17-49(9,10)11/h12-15,18-19,31,40H,16-17,21H2,1-11H3. The molecule has 0 saturated heterocycles. The number of nitrogens with zero attached hydrogens (tertiary/aromatic N) is 4. The molecule has 0 fully saturated rings. The first-order chi connectivity index (χ1) is 22.6. The predicted octanol–water partition coefficient (Wildman–Crippen LogP) is 8.18. The number of ether oxygens (including phenoxy) is 3. The Kier molecular flexibility index (Phi) is 10.9. The Labute approximate surface area is 290 Å². The molecule has 10 nitrogen and oxygen atoms in total. The van der Waals surface area contributed by atoms with Gasteiger partial charge >= 0.3 is 12.7 Å². The van der Waals surface area contributed by atoms with Crippen molar-refractivity contribution in [2.24, 2.45) is 0 Å². The summed E-state index contributed by atoms with van der Waals surface area (Å²) < 4.78 is 65.1. The van der Waals surface area contributed by atoms with Crippen molar-refractivity contribution in [3.63, 3.8) is 0 Å². The summed E-state index contributed by atoms with van der Waals surface area (Å²) >= 11 is 0. The summed E-state index contributed by atoms with van der Waals surface area (Å²) in [6, 6.07) is 11.2. The third-order valence-corrected chi connectivity index (χ3v) is 11.2. The smallest absolute Gasteiger partial charge is 0.419 e. The molecule has 0 aliphatic rings. The van der Waals surface area contributed by atoms with Crippen LogP contribution in [0.3, 0.4) is 0 Å². The topological polar surface area (TPSA) is 120 Å². The van der Waals surface area contributed by atoms with Crippen LogP contribution in [0.4, 0.5) is 13.6 Å². The van der Waals surface area contributed by atoms with E-state index in [-0.39, 0.29) is 23.9 Å². The van der Waals surface area contributed by atoms with Crippen LogP contribution in [0.2, 0.25) is 25.7 Å². The van der Waals surface area contributed by atoms with Gasteiger partial charge in [0.1, 0.15) is 29.4 Å². The van der Waals surface area contributed by atoms with Crippen LogP contribution >= 0.6 is 0 Å². The van der Waals surface area contributed by atoms with Crippen molar-refractivity contribution >= 4 is 47.1 Å². The zero-order valence-corrected chi connectivity index (χ0v) is 32.0. The lowest BCUT2D eigenvalue weighted by Crippen LogP contribution is -2.48. The molecule has 0 saturated carbocycles. The van der Waals surface area contributed by atoms with E-state index >= 15 is 0 Å². The SMILES string of the molecule is Cc1cc(OC(F)F)c(C(C)(NS(=O)C(C)(C)C)c2nc3cc(C#N)ccc3n2COCC[Si](C)(C)C)c2ccn(C(=O)OC(C)(C)C)c12. The van der Waals surface area contributed by atoms with Gasteiger partial charge in [-0.3, -0.25) is 4.57 Å². The third-order valence-electron chi connectivity index (χ3n) is 7.82. The van der Waals surface area contributed by atoms with Crippen LogP contribution in [-0.2, 0) is 32.7 Å². The molecule has 4 aromatic rings. The summed E-state index contributed by atoms with van der Waals surface area (Å²) in [7, 11) is -3.22. The van der Waals surface area contributed by atoms with E-state index in [1.807, 2.05) is 0 Å². The molecule has 2 aromatic heterocycles. The van der Waals surface area contributed by atoms with E-state index in [1.54, 1.807) is 84.2 Å². The number of rotatable bonds is 11. The van der Waals surface area contributed by atoms with E-state index in [9.17, 15) is 23.0 Å². The summed E-state index contributed by atoms with van der Waals surface area (Å²) in [5.41, 5.74) is 0.143. The number of carbonyl (C=O) groups is 1. The molecular weight excluding hydrogens is 669 g/mol. The first kappa shape index (κ1) is 38.2. The Morgan fingerprint density at radius 3 is 2.35 bits per heavy atom. The van der Waals surface area contributed by atoms with E-state index < -0.39 is 47.7 Å². The monoisotopic (exact) mass is 715 g/mol. The second-order valence-corrected chi connectivity index (χ2v) is 23.1. The number of hydrogen-bond acceptors (Lipinski definition) is 7. The Morgan fingerprint density at radius 2 is 1.78 bits per heavy atom. The maximum atomic E-state index is 14.2. The minimum absolute atomic E-state index is 0.0423. The lowest BCUT2D eigenvalue weighted by atomic mass is 9.87. The number of fused-ring (bicyclic) bond motifs is 2. The predicted molar refractivity (Wildman–Crippen MR) is 191 cm³/mol. The van der Waals surface area contributed by atoms with Crippen molar-refractivity contribution in [2.45, 2.75) is 110 Å². The van der Waals surface area contributed by atoms with Crippen LogP contribution in [0.5, 0.6) is 5.75 Å². The summed E-state index contributed by atoms with van der Waals surface area (Å²) in [6.07, 6.45) is 0.864. The van der Waals surface area contributed by atoms with Gasteiger partial charge in [-0.15, -0.1) is 0 Å². The Balaban J connectivity index is 2.10. The largest absolute Gasteiger partial charge is 0.443 e. The number of benzene rings is 2. The summed E-state index contributed by atoms with van der Waals surface area (Å²) in [5, 5.41) is 10.1. The minimum atomic E-state index is -3.19. The van der Waals surface area contributed by atoms with Crippen molar-refractivity contribution in [3.05, 3.63) is 59.0 Å². The summed E-state index contributed by atoms with van der Waals surface area (Å²) in [6.45, 7) is 18.1. The van der Waals surface area contributed by atoms with Gasteiger partial charge in [0.25, 0.3) is 0 Å². The average molecular weight is 716 g/mol. The van der Waals surface area contributed by atoms with Gasteiger partial charge < -0.3 is 18.8 Å². The summed E-state index contributed by atoms with van der Waals surface area (Å²) in [5.74, 6) is 0.108. The van der Waals surface area contributed by atoms with E-state index in [4.69, 9.17) is 19.2 Å². The first-order valence-corrected chi connectivity index (χ1v) is 20.9. The molecule has 0 amide bonds. The van der Waals surface area contributed by atoms with Crippen molar-refractivity contribution in [1.82, 2.24) is 18.8 Å². The van der Waals surface area contributed by atoms with Gasteiger partial charge in [0.2, 0.25) is 0 Å². The molecule has 49 heavy (non-hydrogen) atoms. The quantitative estimate of drug-likeness (QED) is 0.123. The number of imidazole rings is 1. The fraction of sp³-hybridized carbons (Fsp3) is 0.514. The minimum Gasteiger partial charge on any atom is -0.443 e. The van der Waals surface area contributed by atoms with E-state index in [2.05, 4.69) is 30.4 Å². The van der Waals surface area contributed by atoms with Crippen molar-refractivity contribution in [1.29, 1.82) is 5.26 Å². The molecule has 0 radical (unpaired) electrons. The number of aromatic nitrogens is 3. The second-order valence-electron chi connectivity index (χ2n) is 15.5. The molecular formula is C35H47F2N5O5SSi. The Bertz CT molecular complexity index is 1930. The number of carbonyl (C=O) groups excluding carboxylic acids is 1. The lowest BCUT2D eigenvalue weighted by Gasteiger charge is -2.35. The molecule has 2 unspecified atom stereocenters. The van der Waals surface area contributed by atoms with Crippen LogP contribution in [0.1, 0.15) is 71.0 Å². The fourth-order valence-electron chi connectivity index (χ4n) is 5.47. The summed E-state index contributed by atoms with van der Waals surface area (Å²) in [4.78, 5) is 18.4. The van der Waals surface area contributed by atoms with E-state index in [0.717, 1.165) is 6.04 Å². The van der Waals surface area contributed by atoms with Crippen LogP contribution < -0.4 is 9.46 Å². The number of nitrogens with one attached hydrogen (secondary N) is 1. The third kappa shape index (κ3) is 8.57. The van der Waals surface area contributed by atoms with Gasteiger partial charge in [-0.25, -0.2) is 18.7 Å². The number of hydrogen-bond donors (Lipinski definition) is 1. The maximum absolute atomic E-state index is 14.2. The van der Waals surface area contributed by atoms with Crippen LogP contribution in [-0.4, -0.2) is 56.1 Å². The van der Waals surface area contributed by atoms with Gasteiger partial charge in [0.05, 0.1) is 43.9 Å². The second kappa shape index (κ2) is 13.9. The molecule has 1 N–H and O–H groups in total. The van der Waals surface area contributed by atoms with Gasteiger partial charge in [-0.2, -0.15) is 14.0 Å². The number of halogens is 2. The van der Waals surface area contributed by atoms with Crippen molar-refractivity contribution in [2.75, 3.05) is 6.61 Å². The van der Waals surface area contributed by atoms with Crippen LogP contribution in [0.15, 0.2) is 36.5 Å². The van der Waals surface area contributed by atoms with Crippen LogP contribution in [0, 0.1) is 18.3 Å². The van der Waals surface area contributed by atoms with E-state index in [1.165, 1.54) is 16.8 Å². The molecule has 0 aliphatic carbocycles. The molecule has 4 rings (SSSR count). The van der Waals surface area contributed by atoms with E-state index in [0.29, 0.717) is 39.7 Å². The number of aryl methyl sites for hydroxylation is 1. The molecule has 0 bridgehead atoms. The van der Waals surface area contributed by atoms with Gasteiger partial charge in [0.15, 0.2) is 0 Å². The highest BCUT2D eigenvalue weighted by molar-refractivity contribution is 7.84. The number of alkyl halides is 2. The maximum Gasteiger partial charge on any atom is 0.419 e. The molecule has 2 aromatic carbocycles. The molecule has 0 aliphatic heterocycles. The Hall–Kier alpha value is -3.64. The highest BCUT2D eigenvalue weighted by atomic mass is 32.2. The fourth-order valence-corrected chi connectivity index (χ4v) is 7.09. The molecule has 266 valence electrons. The van der Waals surface area contributed by atoms with Crippen LogP contribution in [0.25, 0.3) is 21.9 Å². The number of nitriles is 1. The van der Waals surface area contributed by atoms with Gasteiger partial charge in [0, 0.05) is 31.8 Å². The van der Waals surface area contributed by atoms with Gasteiger partial charge in [-0.05, 0) is 97.3 Å². The molecule has 2 atom stereocenters. The van der Waals surface area contributed by atoms with Gasteiger partial charge in [-0.1, -0.05) is 19.6 Å². The van der Waals surface area contributed by atoms with Crippen molar-refractivity contribution in [3.8, 4) is 11.8 Å². The average Bonchev–Trinajstić information content (AvgIpc) is 3.55. The first-order valence-electron chi connectivity index (χ1n) is 16.1.